The highest BCUT2D eigenvalue weighted by Gasteiger charge is 2.48. The van der Waals surface area contributed by atoms with Crippen LogP contribution in [0.3, 0.4) is 0 Å². The summed E-state index contributed by atoms with van der Waals surface area (Å²) in [5.41, 5.74) is 2.68. The van der Waals surface area contributed by atoms with E-state index in [-0.39, 0.29) is 27.9 Å². The summed E-state index contributed by atoms with van der Waals surface area (Å²) in [6.07, 6.45) is 5.67. The van der Waals surface area contributed by atoms with E-state index in [2.05, 4.69) is 10.3 Å². The number of aryl methyl sites for hydroxylation is 1. The van der Waals surface area contributed by atoms with Crippen molar-refractivity contribution in [3.05, 3.63) is 62.4 Å². The zero-order valence-corrected chi connectivity index (χ0v) is 19.7. The molecule has 1 atom stereocenters. The lowest BCUT2D eigenvalue weighted by molar-refractivity contribution is 0.0691. The molecule has 0 radical (unpaired) electrons. The van der Waals surface area contributed by atoms with Crippen LogP contribution in [-0.2, 0) is 12.5 Å². The van der Waals surface area contributed by atoms with Crippen LogP contribution in [0.1, 0.15) is 72.5 Å². The second-order valence-electron chi connectivity index (χ2n) is 9.68. The molecule has 2 aromatic heterocycles. The first-order chi connectivity index (χ1) is 15.7. The van der Waals surface area contributed by atoms with Gasteiger partial charge in [0.25, 0.3) is 5.56 Å². The molecule has 7 nitrogen and oxygen atoms in total. The molecule has 2 N–H and O–H groups in total. The fourth-order valence-corrected chi connectivity index (χ4v) is 6.04. The van der Waals surface area contributed by atoms with Gasteiger partial charge in [0.1, 0.15) is 11.0 Å². The number of hydrogen-bond donors (Lipinski definition) is 2. The molecule has 0 aliphatic heterocycles. The Balaban J connectivity index is 1.64. The van der Waals surface area contributed by atoms with Gasteiger partial charge in [0.15, 0.2) is 5.69 Å². The van der Waals surface area contributed by atoms with Gasteiger partial charge in [-0.3, -0.25) is 9.36 Å². The van der Waals surface area contributed by atoms with Crippen molar-refractivity contribution in [3.63, 3.8) is 0 Å². The predicted octanol–water partition coefficient (Wildman–Crippen LogP) is 4.99. The number of carbonyl (C=O) groups is 1. The minimum atomic E-state index is -1.16. The van der Waals surface area contributed by atoms with Crippen molar-refractivity contribution in [2.24, 2.45) is 13.0 Å². The number of halogens is 1. The van der Waals surface area contributed by atoms with Crippen LogP contribution in [-0.4, -0.2) is 25.6 Å². The largest absolute Gasteiger partial charge is 0.476 e. The molecule has 2 heterocycles. The van der Waals surface area contributed by atoms with Crippen molar-refractivity contribution in [1.82, 2.24) is 14.5 Å². The van der Waals surface area contributed by atoms with Gasteiger partial charge in [-0.15, -0.1) is 0 Å². The van der Waals surface area contributed by atoms with Gasteiger partial charge in [0, 0.05) is 18.0 Å². The number of aromatic carboxylic acids is 1. The second-order valence-corrected chi connectivity index (χ2v) is 10.1. The van der Waals surface area contributed by atoms with Gasteiger partial charge in [-0.1, -0.05) is 17.7 Å². The van der Waals surface area contributed by atoms with E-state index in [1.54, 1.807) is 16.7 Å². The Morgan fingerprint density at radius 2 is 2.00 bits per heavy atom. The summed E-state index contributed by atoms with van der Waals surface area (Å²) in [6.45, 7) is 3.89. The Kier molecular flexibility index (Phi) is 5.20. The van der Waals surface area contributed by atoms with Crippen molar-refractivity contribution in [2.75, 3.05) is 5.32 Å². The molecule has 2 aliphatic carbocycles. The van der Waals surface area contributed by atoms with Gasteiger partial charge >= 0.3 is 5.97 Å². The van der Waals surface area contributed by atoms with Crippen LogP contribution in [0.15, 0.2) is 29.1 Å². The van der Waals surface area contributed by atoms with Crippen molar-refractivity contribution in [2.45, 2.75) is 57.4 Å². The van der Waals surface area contributed by atoms with Gasteiger partial charge < -0.3 is 10.4 Å². The Hall–Kier alpha value is -2.93. The van der Waals surface area contributed by atoms with Crippen molar-refractivity contribution in [3.8, 4) is 0 Å². The lowest BCUT2D eigenvalue weighted by Gasteiger charge is -2.28. The summed E-state index contributed by atoms with van der Waals surface area (Å²) in [7, 11) is 1.84. The normalized spacial score (nSPS) is 22.6. The molecule has 2 saturated carbocycles. The molecule has 2 fully saturated rings. The third-order valence-electron chi connectivity index (χ3n) is 7.47. The summed E-state index contributed by atoms with van der Waals surface area (Å²) in [4.78, 5) is 34.2. The monoisotopic (exact) mass is 466 g/mol. The van der Waals surface area contributed by atoms with Crippen molar-refractivity contribution >= 4 is 34.2 Å². The minimum Gasteiger partial charge on any atom is -0.476 e. The molecule has 0 amide bonds. The van der Waals surface area contributed by atoms with Gasteiger partial charge in [0.05, 0.1) is 22.6 Å². The SMILES string of the molecule is Cc1cc([C@@H](C)Nc2ccc(Cl)nc2C(=O)O)c2nc(C34CCC(CC3)C4)n(C)c(=O)c2c1. The van der Waals surface area contributed by atoms with E-state index < -0.39 is 5.97 Å². The van der Waals surface area contributed by atoms with Crippen LogP contribution in [0.25, 0.3) is 10.9 Å². The molecule has 0 saturated heterocycles. The average Bonchev–Trinajstić information content (AvgIpc) is 3.39. The molecule has 5 rings (SSSR count). The van der Waals surface area contributed by atoms with Crippen LogP contribution in [0.4, 0.5) is 5.69 Å². The maximum Gasteiger partial charge on any atom is 0.356 e. The quantitative estimate of drug-likeness (QED) is 0.514. The molecule has 8 heteroatoms. The van der Waals surface area contributed by atoms with Crippen molar-refractivity contribution in [1.29, 1.82) is 0 Å². The summed E-state index contributed by atoms with van der Waals surface area (Å²) in [5.74, 6) is 0.464. The number of fused-ring (bicyclic) bond motifs is 3. The highest BCUT2D eigenvalue weighted by atomic mass is 35.5. The third kappa shape index (κ3) is 3.59. The minimum absolute atomic E-state index is 0.0117. The zero-order valence-electron chi connectivity index (χ0n) is 19.0. The first kappa shape index (κ1) is 21.9. The molecule has 2 bridgehead atoms. The number of pyridine rings is 1. The number of carboxylic acid groups (broad SMARTS) is 1. The summed E-state index contributed by atoms with van der Waals surface area (Å²) in [6, 6.07) is 6.77. The maximum atomic E-state index is 13.4. The lowest BCUT2D eigenvalue weighted by Crippen LogP contribution is -2.33. The number of aromatic nitrogens is 3. The van der Waals surface area contributed by atoms with E-state index >= 15 is 0 Å². The highest BCUT2D eigenvalue weighted by Crippen LogP contribution is 2.54. The predicted molar refractivity (Wildman–Crippen MR) is 128 cm³/mol. The van der Waals surface area contributed by atoms with Gasteiger partial charge in [-0.05, 0) is 75.6 Å². The molecule has 33 heavy (non-hydrogen) atoms. The number of nitrogens with zero attached hydrogens (tertiary/aromatic N) is 3. The number of carboxylic acids is 1. The molecule has 172 valence electrons. The molecule has 3 aromatic rings. The molecule has 1 aromatic carbocycles. The van der Waals surface area contributed by atoms with Crippen molar-refractivity contribution < 1.29 is 9.90 Å². The van der Waals surface area contributed by atoms with Gasteiger partial charge in [-0.2, -0.15) is 0 Å². The van der Waals surface area contributed by atoms with Crippen LogP contribution in [0, 0.1) is 12.8 Å². The third-order valence-corrected chi connectivity index (χ3v) is 7.68. The van der Waals surface area contributed by atoms with E-state index in [9.17, 15) is 14.7 Å². The summed E-state index contributed by atoms with van der Waals surface area (Å²) in [5, 5.41) is 13.5. The molecule has 2 aliphatic rings. The van der Waals surface area contributed by atoms with Crippen LogP contribution in [0.2, 0.25) is 5.15 Å². The van der Waals surface area contributed by atoms with E-state index in [0.717, 1.165) is 42.1 Å². The van der Waals surface area contributed by atoms with Gasteiger partial charge in [0.2, 0.25) is 0 Å². The summed E-state index contributed by atoms with van der Waals surface area (Å²) < 4.78 is 1.75. The number of anilines is 1. The maximum absolute atomic E-state index is 13.4. The first-order valence-corrected chi connectivity index (χ1v) is 11.7. The fourth-order valence-electron chi connectivity index (χ4n) is 5.89. The number of nitrogens with one attached hydrogen (secondary N) is 1. The highest BCUT2D eigenvalue weighted by molar-refractivity contribution is 6.29. The number of hydrogen-bond acceptors (Lipinski definition) is 5. The number of benzene rings is 1. The van der Waals surface area contributed by atoms with E-state index in [1.165, 1.54) is 12.8 Å². The second kappa shape index (κ2) is 7.83. The Bertz CT molecular complexity index is 1340. The van der Waals surface area contributed by atoms with Gasteiger partial charge in [-0.25, -0.2) is 14.8 Å². The van der Waals surface area contributed by atoms with Crippen LogP contribution >= 0.6 is 11.6 Å². The Morgan fingerprint density at radius 1 is 1.27 bits per heavy atom. The Labute approximate surface area is 196 Å². The topological polar surface area (TPSA) is 97.1 Å². The zero-order chi connectivity index (χ0) is 23.5. The summed E-state index contributed by atoms with van der Waals surface area (Å²) >= 11 is 5.91. The smallest absolute Gasteiger partial charge is 0.356 e. The fraction of sp³-hybridized carbons (Fsp3) is 0.440. The van der Waals surface area contributed by atoms with E-state index in [1.807, 2.05) is 33.0 Å². The lowest BCUT2D eigenvalue weighted by atomic mass is 9.83. The molecule has 0 spiro atoms. The molecular formula is C25H27ClN4O3. The molecular weight excluding hydrogens is 440 g/mol. The number of rotatable bonds is 5. The van der Waals surface area contributed by atoms with Crippen LogP contribution in [0.5, 0.6) is 0 Å². The van der Waals surface area contributed by atoms with E-state index in [4.69, 9.17) is 16.6 Å². The standard InChI is InChI=1S/C25H27ClN4O3/c1-13-10-16(14(2)27-18-4-5-19(26)28-21(18)23(32)33)20-17(11-13)22(31)30(3)24(29-20)25-8-6-15(12-25)7-9-25/h4-5,10-11,14-15,27H,6-9,12H2,1-3H3,(H,32,33)/t14-,15?,25?/m1/s1. The Morgan fingerprint density at radius 3 is 2.64 bits per heavy atom. The van der Waals surface area contributed by atoms with E-state index in [0.29, 0.717) is 16.6 Å². The van der Waals surface area contributed by atoms with Crippen LogP contribution < -0.4 is 10.9 Å². The average molecular weight is 467 g/mol. The molecule has 0 unspecified atom stereocenters. The first-order valence-electron chi connectivity index (χ1n) is 11.4.